The van der Waals surface area contributed by atoms with Gasteiger partial charge in [-0.15, -0.1) is 0 Å². The first-order valence-electron chi connectivity index (χ1n) is 7.22. The minimum absolute atomic E-state index is 0.180. The van der Waals surface area contributed by atoms with Gasteiger partial charge in [-0.1, -0.05) is 51.2 Å². The predicted octanol–water partition coefficient (Wildman–Crippen LogP) is 5.44. The van der Waals surface area contributed by atoms with E-state index in [0.29, 0.717) is 21.5 Å². The quantitative estimate of drug-likeness (QED) is 0.461. The molecule has 0 radical (unpaired) electrons. The molecule has 0 amide bonds. The van der Waals surface area contributed by atoms with Crippen molar-refractivity contribution in [3.63, 3.8) is 0 Å². The third-order valence-electron chi connectivity index (χ3n) is 3.62. The molecule has 0 spiro atoms. The highest BCUT2D eigenvalue weighted by Crippen LogP contribution is 2.36. The van der Waals surface area contributed by atoms with Crippen molar-refractivity contribution in [2.75, 3.05) is 0 Å². The Morgan fingerprint density at radius 2 is 1.88 bits per heavy atom. The molecule has 1 aromatic carbocycles. The minimum atomic E-state index is 0.180. The fourth-order valence-electron chi connectivity index (χ4n) is 2.32. The van der Waals surface area contributed by atoms with Crippen LogP contribution in [-0.4, -0.2) is 19.7 Å². The first-order valence-corrected chi connectivity index (χ1v) is 8.75. The van der Waals surface area contributed by atoms with Crippen LogP contribution in [0.15, 0.2) is 33.3 Å². The molecular formula is C16H10Cl2N4O2S. The largest absolute Gasteiger partial charge is 0.356 e. The lowest BCUT2D eigenvalue weighted by Gasteiger charge is -2.02. The molecule has 0 fully saturated rings. The van der Waals surface area contributed by atoms with Crippen molar-refractivity contribution in [2.24, 2.45) is 0 Å². The Balaban J connectivity index is 1.69. The maximum absolute atomic E-state index is 6.07. The summed E-state index contributed by atoms with van der Waals surface area (Å²) in [6, 6.07) is 7.89. The number of hydrogen-bond acceptors (Lipinski definition) is 7. The van der Waals surface area contributed by atoms with Crippen molar-refractivity contribution in [3.05, 3.63) is 44.8 Å². The van der Waals surface area contributed by atoms with E-state index < -0.39 is 0 Å². The lowest BCUT2D eigenvalue weighted by molar-refractivity contribution is 0.423. The highest BCUT2D eigenvalue weighted by atomic mass is 35.5. The van der Waals surface area contributed by atoms with E-state index in [1.165, 1.54) is 0 Å². The molecule has 25 heavy (non-hydrogen) atoms. The second-order valence-electron chi connectivity index (χ2n) is 5.44. The summed E-state index contributed by atoms with van der Waals surface area (Å²) in [7, 11) is 0. The summed E-state index contributed by atoms with van der Waals surface area (Å²) >= 11 is 13.0. The van der Waals surface area contributed by atoms with E-state index in [2.05, 4.69) is 19.7 Å². The third-order valence-corrected chi connectivity index (χ3v) is 5.23. The average molecular weight is 393 g/mol. The van der Waals surface area contributed by atoms with E-state index in [-0.39, 0.29) is 16.7 Å². The molecule has 0 atom stereocenters. The molecule has 0 saturated carbocycles. The van der Waals surface area contributed by atoms with Crippen LogP contribution in [0.5, 0.6) is 0 Å². The van der Waals surface area contributed by atoms with Gasteiger partial charge in [-0.05, 0) is 37.0 Å². The number of aromatic nitrogens is 4. The topological polar surface area (TPSA) is 77.8 Å². The molecule has 0 aliphatic heterocycles. The molecule has 126 valence electrons. The fourth-order valence-corrected chi connectivity index (χ4v) is 3.31. The summed E-state index contributed by atoms with van der Waals surface area (Å²) in [6.07, 6.45) is 0. The molecule has 4 aromatic rings. The summed E-state index contributed by atoms with van der Waals surface area (Å²) < 4.78 is 15.1. The van der Waals surface area contributed by atoms with Crippen LogP contribution >= 0.6 is 34.7 Å². The van der Waals surface area contributed by atoms with Gasteiger partial charge in [0.15, 0.2) is 17.1 Å². The number of rotatable bonds is 3. The van der Waals surface area contributed by atoms with E-state index in [1.807, 2.05) is 32.0 Å². The summed E-state index contributed by atoms with van der Waals surface area (Å²) in [5, 5.41) is 8.24. The molecule has 6 nitrogen and oxygen atoms in total. The maximum atomic E-state index is 6.07. The fraction of sp³-hybridized carbons (Fsp3) is 0.125. The van der Waals surface area contributed by atoms with Gasteiger partial charge in [-0.3, -0.25) is 0 Å². The molecule has 0 bridgehead atoms. The first-order chi connectivity index (χ1) is 12.0. The standard InChI is InChI=1S/C16H10Cl2N4O2S/c1-7-3-4-8(2)9(5-7)11-6-10(20-23-11)15-19-16(24-21-15)13-12(17)14(18)25-22-13/h3-6H,1-2H3. The van der Waals surface area contributed by atoms with Crippen molar-refractivity contribution < 1.29 is 9.05 Å². The molecule has 9 heteroatoms. The van der Waals surface area contributed by atoms with Crippen LogP contribution in [0.4, 0.5) is 0 Å². The molecule has 0 aliphatic carbocycles. The van der Waals surface area contributed by atoms with Crippen molar-refractivity contribution in [1.82, 2.24) is 19.7 Å². The number of nitrogens with zero attached hydrogens (tertiary/aromatic N) is 4. The Bertz CT molecular complexity index is 1070. The summed E-state index contributed by atoms with van der Waals surface area (Å²) in [4.78, 5) is 4.27. The van der Waals surface area contributed by atoms with Crippen LogP contribution in [0.25, 0.3) is 34.4 Å². The third kappa shape index (κ3) is 2.95. The first kappa shape index (κ1) is 16.3. The monoisotopic (exact) mass is 392 g/mol. The van der Waals surface area contributed by atoms with Gasteiger partial charge >= 0.3 is 0 Å². The van der Waals surface area contributed by atoms with Crippen LogP contribution in [0.3, 0.4) is 0 Å². The van der Waals surface area contributed by atoms with Crippen molar-refractivity contribution in [1.29, 1.82) is 0 Å². The Morgan fingerprint density at radius 1 is 1.04 bits per heavy atom. The van der Waals surface area contributed by atoms with E-state index in [4.69, 9.17) is 32.2 Å². The molecule has 0 unspecified atom stereocenters. The smallest absolute Gasteiger partial charge is 0.279 e. The normalized spacial score (nSPS) is 11.2. The van der Waals surface area contributed by atoms with Crippen LogP contribution in [-0.2, 0) is 0 Å². The average Bonchev–Trinajstić information content (AvgIpc) is 3.31. The van der Waals surface area contributed by atoms with Gasteiger partial charge in [0.25, 0.3) is 5.89 Å². The highest BCUT2D eigenvalue weighted by Gasteiger charge is 2.21. The van der Waals surface area contributed by atoms with Gasteiger partial charge < -0.3 is 9.05 Å². The van der Waals surface area contributed by atoms with Crippen molar-refractivity contribution in [2.45, 2.75) is 13.8 Å². The van der Waals surface area contributed by atoms with E-state index >= 15 is 0 Å². The van der Waals surface area contributed by atoms with Crippen molar-refractivity contribution >= 4 is 34.7 Å². The SMILES string of the molecule is Cc1ccc(C)c(-c2cc(-c3noc(-c4nsc(Cl)c4Cl)n3)no2)c1. The van der Waals surface area contributed by atoms with Crippen LogP contribution in [0, 0.1) is 13.8 Å². The zero-order valence-electron chi connectivity index (χ0n) is 13.1. The highest BCUT2D eigenvalue weighted by molar-refractivity contribution is 7.11. The number of halogens is 2. The lowest BCUT2D eigenvalue weighted by atomic mass is 10.0. The van der Waals surface area contributed by atoms with Gasteiger partial charge in [0, 0.05) is 11.6 Å². The Kier molecular flexibility index (Phi) is 4.07. The molecule has 3 heterocycles. The van der Waals surface area contributed by atoms with Crippen LogP contribution in [0.2, 0.25) is 9.36 Å². The second kappa shape index (κ2) is 6.25. The molecule has 4 rings (SSSR count). The molecule has 0 N–H and O–H groups in total. The summed E-state index contributed by atoms with van der Waals surface area (Å²) in [5.41, 5.74) is 4.01. The van der Waals surface area contributed by atoms with Gasteiger partial charge in [0.05, 0.1) is 0 Å². The van der Waals surface area contributed by atoms with Gasteiger partial charge in [-0.25, -0.2) is 0 Å². The van der Waals surface area contributed by atoms with Crippen LogP contribution < -0.4 is 0 Å². The van der Waals surface area contributed by atoms with E-state index in [1.54, 1.807) is 6.07 Å². The number of benzene rings is 1. The zero-order chi connectivity index (χ0) is 17.6. The lowest BCUT2D eigenvalue weighted by Crippen LogP contribution is -1.83. The molecule has 0 aliphatic rings. The molecule has 0 saturated heterocycles. The van der Waals surface area contributed by atoms with Crippen LogP contribution in [0.1, 0.15) is 11.1 Å². The van der Waals surface area contributed by atoms with Gasteiger partial charge in [0.1, 0.15) is 9.36 Å². The molecule has 3 aromatic heterocycles. The van der Waals surface area contributed by atoms with E-state index in [9.17, 15) is 0 Å². The van der Waals surface area contributed by atoms with E-state index in [0.717, 1.165) is 28.2 Å². The summed E-state index contributed by atoms with van der Waals surface area (Å²) in [6.45, 7) is 4.03. The second-order valence-corrected chi connectivity index (χ2v) is 7.19. The predicted molar refractivity (Wildman–Crippen MR) is 95.8 cm³/mol. The van der Waals surface area contributed by atoms with Gasteiger partial charge in [-0.2, -0.15) is 9.36 Å². The summed E-state index contributed by atoms with van der Waals surface area (Å²) in [5.74, 6) is 1.10. The molecular weight excluding hydrogens is 383 g/mol. The Hall–Kier alpha value is -2.22. The zero-order valence-corrected chi connectivity index (χ0v) is 15.4. The Morgan fingerprint density at radius 3 is 2.64 bits per heavy atom. The van der Waals surface area contributed by atoms with Crippen molar-refractivity contribution in [3.8, 4) is 34.4 Å². The number of aryl methyl sites for hydroxylation is 2. The Labute approximate surface area is 156 Å². The van der Waals surface area contributed by atoms with Gasteiger partial charge in [0.2, 0.25) is 5.82 Å². The number of hydrogen-bond donors (Lipinski definition) is 0. The maximum Gasteiger partial charge on any atom is 0.279 e. The minimum Gasteiger partial charge on any atom is -0.356 e.